The first-order valence-corrected chi connectivity index (χ1v) is 5.42. The van der Waals surface area contributed by atoms with E-state index in [0.29, 0.717) is 5.69 Å². The van der Waals surface area contributed by atoms with Gasteiger partial charge in [0.2, 0.25) is 0 Å². The van der Waals surface area contributed by atoms with Gasteiger partial charge in [-0.1, -0.05) is 5.92 Å². The molecule has 19 heavy (non-hydrogen) atoms. The molecule has 0 heterocycles. The maximum atomic E-state index is 11.6. The average molecular weight is 262 g/mol. The second-order valence-electron chi connectivity index (χ2n) is 3.49. The number of rotatable bonds is 5. The fourth-order valence-electron chi connectivity index (χ4n) is 1.19. The van der Waals surface area contributed by atoms with Crippen molar-refractivity contribution in [2.75, 3.05) is 26.0 Å². The molecule has 6 nitrogen and oxygen atoms in total. The normalized spacial score (nSPS) is 9.26. The highest BCUT2D eigenvalue weighted by Crippen LogP contribution is 2.23. The fourth-order valence-corrected chi connectivity index (χ4v) is 1.19. The van der Waals surface area contributed by atoms with Crippen LogP contribution in [0.2, 0.25) is 0 Å². The van der Waals surface area contributed by atoms with Crippen LogP contribution in [-0.2, 0) is 9.53 Å². The van der Waals surface area contributed by atoms with Crippen molar-refractivity contribution in [2.45, 2.75) is 0 Å². The SMILES string of the molecule is C#CCOC(=O)c1ccc(N)c(OCC(=O)NC)c1. The molecule has 1 amide bonds. The maximum Gasteiger partial charge on any atom is 0.339 e. The van der Waals surface area contributed by atoms with Crippen molar-refractivity contribution in [3.8, 4) is 18.1 Å². The minimum absolute atomic E-state index is 0.113. The lowest BCUT2D eigenvalue weighted by Gasteiger charge is -2.09. The van der Waals surface area contributed by atoms with E-state index in [1.807, 2.05) is 0 Å². The molecule has 0 aliphatic heterocycles. The first-order chi connectivity index (χ1) is 9.08. The van der Waals surface area contributed by atoms with Gasteiger partial charge in [-0.05, 0) is 18.2 Å². The van der Waals surface area contributed by atoms with Crippen molar-refractivity contribution in [2.24, 2.45) is 0 Å². The standard InChI is InChI=1S/C13H14N2O4/c1-3-6-18-13(17)9-4-5-10(14)11(7-9)19-8-12(16)15-2/h1,4-5,7H,6,8,14H2,2H3,(H,15,16). The fraction of sp³-hybridized carbons (Fsp3) is 0.231. The number of carbonyl (C=O) groups excluding carboxylic acids is 2. The largest absolute Gasteiger partial charge is 0.482 e. The monoisotopic (exact) mass is 262 g/mol. The number of carbonyl (C=O) groups is 2. The molecule has 1 aromatic carbocycles. The molecule has 0 bridgehead atoms. The quantitative estimate of drug-likeness (QED) is 0.449. The molecule has 6 heteroatoms. The lowest BCUT2D eigenvalue weighted by Crippen LogP contribution is -2.25. The van der Waals surface area contributed by atoms with Crippen LogP contribution in [0.5, 0.6) is 5.75 Å². The Morgan fingerprint density at radius 3 is 2.84 bits per heavy atom. The van der Waals surface area contributed by atoms with Gasteiger partial charge in [-0.2, -0.15) is 0 Å². The molecule has 1 rings (SSSR count). The van der Waals surface area contributed by atoms with Gasteiger partial charge in [0.1, 0.15) is 5.75 Å². The minimum atomic E-state index is -0.581. The number of benzene rings is 1. The van der Waals surface area contributed by atoms with Crippen LogP contribution >= 0.6 is 0 Å². The molecule has 3 N–H and O–H groups in total. The Bertz CT molecular complexity index is 520. The Morgan fingerprint density at radius 2 is 2.21 bits per heavy atom. The summed E-state index contributed by atoms with van der Waals surface area (Å²) in [4.78, 5) is 22.6. The second-order valence-corrected chi connectivity index (χ2v) is 3.49. The van der Waals surface area contributed by atoms with Gasteiger partial charge in [0.15, 0.2) is 13.2 Å². The summed E-state index contributed by atoms with van der Waals surface area (Å²) in [6, 6.07) is 4.38. The topological polar surface area (TPSA) is 90.7 Å². The van der Waals surface area contributed by atoms with E-state index < -0.39 is 5.97 Å². The number of esters is 1. The van der Waals surface area contributed by atoms with Crippen LogP contribution in [0.3, 0.4) is 0 Å². The molecular weight excluding hydrogens is 248 g/mol. The van der Waals surface area contributed by atoms with E-state index in [-0.39, 0.29) is 30.4 Å². The summed E-state index contributed by atoms with van der Waals surface area (Å²) in [5.74, 6) is 1.54. The number of anilines is 1. The minimum Gasteiger partial charge on any atom is -0.482 e. The Kier molecular flexibility index (Phi) is 5.23. The van der Waals surface area contributed by atoms with Crippen LogP contribution < -0.4 is 15.8 Å². The van der Waals surface area contributed by atoms with E-state index in [9.17, 15) is 9.59 Å². The highest BCUT2D eigenvalue weighted by Gasteiger charge is 2.11. The van der Waals surface area contributed by atoms with Crippen LogP contribution in [-0.4, -0.2) is 32.1 Å². The zero-order valence-electron chi connectivity index (χ0n) is 10.4. The molecule has 1 aromatic rings. The predicted octanol–water partition coefficient (Wildman–Crippen LogP) is 0.184. The molecule has 0 saturated carbocycles. The van der Waals surface area contributed by atoms with Crippen LogP contribution in [0.1, 0.15) is 10.4 Å². The van der Waals surface area contributed by atoms with Gasteiger partial charge < -0.3 is 20.5 Å². The summed E-state index contributed by atoms with van der Waals surface area (Å²) in [7, 11) is 1.49. The predicted molar refractivity (Wildman–Crippen MR) is 69.5 cm³/mol. The van der Waals surface area contributed by atoms with Crippen molar-refractivity contribution < 1.29 is 19.1 Å². The van der Waals surface area contributed by atoms with Gasteiger partial charge in [-0.3, -0.25) is 4.79 Å². The third-order valence-electron chi connectivity index (χ3n) is 2.17. The smallest absolute Gasteiger partial charge is 0.339 e. The van der Waals surface area contributed by atoms with Crippen molar-refractivity contribution in [3.05, 3.63) is 23.8 Å². The van der Waals surface area contributed by atoms with E-state index >= 15 is 0 Å². The Morgan fingerprint density at radius 1 is 1.47 bits per heavy atom. The van der Waals surface area contributed by atoms with Crippen molar-refractivity contribution >= 4 is 17.6 Å². The molecule has 100 valence electrons. The molecule has 0 aliphatic carbocycles. The number of likely N-dealkylation sites (N-methyl/N-ethyl adjacent to an activating group) is 1. The summed E-state index contributed by atoms with van der Waals surface area (Å²) in [5, 5.41) is 2.40. The highest BCUT2D eigenvalue weighted by atomic mass is 16.5. The van der Waals surface area contributed by atoms with Gasteiger partial charge in [0.05, 0.1) is 11.3 Å². The third kappa shape index (κ3) is 4.24. The van der Waals surface area contributed by atoms with Crippen molar-refractivity contribution in [3.63, 3.8) is 0 Å². The molecule has 0 atom stereocenters. The second kappa shape index (κ2) is 6.91. The summed E-state index contributed by atoms with van der Waals surface area (Å²) in [6.07, 6.45) is 4.99. The lowest BCUT2D eigenvalue weighted by molar-refractivity contribution is -0.122. The number of nitrogens with two attached hydrogens (primary N) is 1. The third-order valence-corrected chi connectivity index (χ3v) is 2.17. The first kappa shape index (κ1) is 14.4. The number of hydrogen-bond acceptors (Lipinski definition) is 5. The Hall–Kier alpha value is -2.68. The highest BCUT2D eigenvalue weighted by molar-refractivity contribution is 5.90. The van der Waals surface area contributed by atoms with Crippen LogP contribution in [0, 0.1) is 12.3 Å². The zero-order chi connectivity index (χ0) is 14.3. The number of nitrogens with one attached hydrogen (secondary N) is 1. The maximum absolute atomic E-state index is 11.6. The number of hydrogen-bond donors (Lipinski definition) is 2. The van der Waals surface area contributed by atoms with Crippen LogP contribution in [0.15, 0.2) is 18.2 Å². The summed E-state index contributed by atoms with van der Waals surface area (Å²) < 4.78 is 9.97. The molecule has 0 saturated heterocycles. The molecule has 0 aromatic heterocycles. The lowest BCUT2D eigenvalue weighted by atomic mass is 10.2. The van der Waals surface area contributed by atoms with Gasteiger partial charge in [0, 0.05) is 7.05 Å². The average Bonchev–Trinajstić information content (AvgIpc) is 2.43. The number of nitrogen functional groups attached to an aromatic ring is 1. The first-order valence-electron chi connectivity index (χ1n) is 5.42. The summed E-state index contributed by atoms with van der Waals surface area (Å²) >= 11 is 0. The number of ether oxygens (including phenoxy) is 2. The van der Waals surface area contributed by atoms with E-state index in [2.05, 4.69) is 11.2 Å². The molecule has 0 spiro atoms. The van der Waals surface area contributed by atoms with E-state index in [1.165, 1.54) is 25.2 Å². The Labute approximate surface area is 110 Å². The molecule has 0 radical (unpaired) electrons. The van der Waals surface area contributed by atoms with Gasteiger partial charge in [0.25, 0.3) is 5.91 Å². The van der Waals surface area contributed by atoms with Crippen LogP contribution in [0.25, 0.3) is 0 Å². The number of amides is 1. The Balaban J connectivity index is 2.79. The molecule has 0 unspecified atom stereocenters. The van der Waals surface area contributed by atoms with E-state index in [0.717, 1.165) is 0 Å². The zero-order valence-corrected chi connectivity index (χ0v) is 10.4. The number of terminal acetylenes is 1. The van der Waals surface area contributed by atoms with Crippen molar-refractivity contribution in [1.29, 1.82) is 0 Å². The summed E-state index contributed by atoms with van der Waals surface area (Å²) in [6.45, 7) is -0.304. The molecule has 0 fully saturated rings. The van der Waals surface area contributed by atoms with Gasteiger partial charge >= 0.3 is 5.97 Å². The molecule has 0 aliphatic rings. The molecular formula is C13H14N2O4. The van der Waals surface area contributed by atoms with E-state index in [1.54, 1.807) is 0 Å². The van der Waals surface area contributed by atoms with Crippen LogP contribution in [0.4, 0.5) is 5.69 Å². The van der Waals surface area contributed by atoms with Gasteiger partial charge in [-0.25, -0.2) is 4.79 Å². The van der Waals surface area contributed by atoms with Gasteiger partial charge in [-0.15, -0.1) is 6.42 Å². The van der Waals surface area contributed by atoms with E-state index in [4.69, 9.17) is 21.6 Å². The van der Waals surface area contributed by atoms with Crippen molar-refractivity contribution in [1.82, 2.24) is 5.32 Å². The summed E-state index contributed by atoms with van der Waals surface area (Å²) in [5.41, 5.74) is 6.24.